The molecule has 1 atom stereocenters. The van der Waals surface area contributed by atoms with Gasteiger partial charge in [0, 0.05) is 43.6 Å². The quantitative estimate of drug-likeness (QED) is 0.777. The molecule has 0 spiro atoms. The van der Waals surface area contributed by atoms with Crippen molar-refractivity contribution in [2.45, 2.75) is 37.9 Å². The molecule has 0 radical (unpaired) electrons. The molecule has 1 aliphatic carbocycles. The van der Waals surface area contributed by atoms with Gasteiger partial charge in [0.05, 0.1) is 0 Å². The highest BCUT2D eigenvalue weighted by Crippen LogP contribution is 2.29. The van der Waals surface area contributed by atoms with Gasteiger partial charge < -0.3 is 10.3 Å². The van der Waals surface area contributed by atoms with E-state index in [4.69, 9.17) is 0 Å². The molecule has 0 aromatic carbocycles. The van der Waals surface area contributed by atoms with Crippen molar-refractivity contribution >= 4 is 0 Å². The second-order valence-corrected chi connectivity index (χ2v) is 4.79. The van der Waals surface area contributed by atoms with E-state index < -0.39 is 0 Å². The number of H-pyrrole nitrogens is 1. The molecule has 82 valence electrons. The average Bonchev–Trinajstić information content (AvgIpc) is 2.82. The molecular formula is C12H19N3. The molecule has 3 rings (SSSR count). The smallest absolute Gasteiger partial charge is 0.0360 e. The largest absolute Gasteiger partial charge is 0.364 e. The van der Waals surface area contributed by atoms with Gasteiger partial charge in [0.2, 0.25) is 0 Å². The van der Waals surface area contributed by atoms with Crippen LogP contribution in [0, 0.1) is 0 Å². The Balaban J connectivity index is 1.44. The number of aromatic nitrogens is 1. The fourth-order valence-corrected chi connectivity index (χ4v) is 2.46. The Labute approximate surface area is 90.9 Å². The van der Waals surface area contributed by atoms with Crippen LogP contribution in [0.3, 0.4) is 0 Å². The highest BCUT2D eigenvalue weighted by Gasteiger charge is 2.33. The molecule has 2 N–H and O–H groups in total. The molecule has 2 aliphatic rings. The van der Waals surface area contributed by atoms with Crippen LogP contribution in [0.1, 0.15) is 25.0 Å². The monoisotopic (exact) mass is 205 g/mol. The molecular weight excluding hydrogens is 186 g/mol. The summed E-state index contributed by atoms with van der Waals surface area (Å²) in [6.45, 7) is 3.54. The summed E-state index contributed by atoms with van der Waals surface area (Å²) in [5, 5.41) is 3.62. The van der Waals surface area contributed by atoms with Crippen molar-refractivity contribution in [2.24, 2.45) is 0 Å². The molecule has 1 aromatic rings. The second-order valence-electron chi connectivity index (χ2n) is 4.79. The van der Waals surface area contributed by atoms with Crippen LogP contribution in [-0.4, -0.2) is 35.1 Å². The number of rotatable bonds is 4. The summed E-state index contributed by atoms with van der Waals surface area (Å²) in [7, 11) is 0. The summed E-state index contributed by atoms with van der Waals surface area (Å²) < 4.78 is 0. The third-order valence-corrected chi connectivity index (χ3v) is 3.53. The van der Waals surface area contributed by atoms with E-state index in [2.05, 4.69) is 27.3 Å². The number of nitrogens with one attached hydrogen (secondary N) is 2. The first-order valence-corrected chi connectivity index (χ1v) is 6.01. The highest BCUT2D eigenvalue weighted by molar-refractivity contribution is 5.03. The number of nitrogens with zero attached hydrogens (tertiary/aromatic N) is 1. The Hall–Kier alpha value is -0.800. The Morgan fingerprint density at radius 3 is 3.07 bits per heavy atom. The molecule has 2 fully saturated rings. The third kappa shape index (κ3) is 2.24. The molecule has 15 heavy (non-hydrogen) atoms. The van der Waals surface area contributed by atoms with Gasteiger partial charge in [-0.25, -0.2) is 0 Å². The Bertz CT molecular complexity index is 303. The number of hydrogen-bond donors (Lipinski definition) is 2. The molecule has 1 unspecified atom stereocenters. The third-order valence-electron chi connectivity index (χ3n) is 3.53. The van der Waals surface area contributed by atoms with Gasteiger partial charge in [-0.05, 0) is 31.4 Å². The Morgan fingerprint density at radius 1 is 1.40 bits per heavy atom. The fourth-order valence-electron chi connectivity index (χ4n) is 2.46. The van der Waals surface area contributed by atoms with Crippen molar-refractivity contribution in [2.75, 3.05) is 13.1 Å². The lowest BCUT2D eigenvalue weighted by molar-refractivity contribution is 0.317. The second kappa shape index (κ2) is 3.99. The van der Waals surface area contributed by atoms with E-state index in [0.717, 1.165) is 12.6 Å². The molecule has 0 amide bonds. The zero-order valence-electron chi connectivity index (χ0n) is 9.08. The zero-order valence-corrected chi connectivity index (χ0v) is 9.08. The van der Waals surface area contributed by atoms with E-state index in [0.29, 0.717) is 6.04 Å². The minimum Gasteiger partial charge on any atom is -0.364 e. The predicted octanol–water partition coefficient (Wildman–Crippen LogP) is 1.34. The minimum atomic E-state index is 0.703. The first-order chi connectivity index (χ1) is 7.42. The van der Waals surface area contributed by atoms with Gasteiger partial charge in [0.25, 0.3) is 0 Å². The molecule has 1 saturated heterocycles. The number of likely N-dealkylation sites (tertiary alicyclic amines) is 1. The van der Waals surface area contributed by atoms with Crippen LogP contribution in [0.15, 0.2) is 18.3 Å². The molecule has 3 nitrogen and oxygen atoms in total. The molecule has 1 aromatic heterocycles. The van der Waals surface area contributed by atoms with Crippen LogP contribution in [0.2, 0.25) is 0 Å². The van der Waals surface area contributed by atoms with Gasteiger partial charge >= 0.3 is 0 Å². The van der Waals surface area contributed by atoms with Crippen molar-refractivity contribution in [3.05, 3.63) is 24.0 Å². The van der Waals surface area contributed by atoms with Crippen molar-refractivity contribution in [3.8, 4) is 0 Å². The summed E-state index contributed by atoms with van der Waals surface area (Å²) in [6.07, 6.45) is 6.17. The van der Waals surface area contributed by atoms with Crippen LogP contribution in [0.25, 0.3) is 0 Å². The van der Waals surface area contributed by atoms with Gasteiger partial charge in [0.15, 0.2) is 0 Å². The Kier molecular flexibility index (Phi) is 2.51. The maximum absolute atomic E-state index is 3.62. The normalized spacial score (nSPS) is 27.3. The van der Waals surface area contributed by atoms with E-state index >= 15 is 0 Å². The highest BCUT2D eigenvalue weighted by atomic mass is 15.2. The zero-order chi connectivity index (χ0) is 10.1. The lowest BCUT2D eigenvalue weighted by Gasteiger charge is -2.15. The maximum Gasteiger partial charge on any atom is 0.0360 e. The molecule has 0 bridgehead atoms. The first-order valence-electron chi connectivity index (χ1n) is 6.01. The lowest BCUT2D eigenvalue weighted by atomic mass is 10.2. The van der Waals surface area contributed by atoms with E-state index in [1.165, 1.54) is 38.0 Å². The van der Waals surface area contributed by atoms with Gasteiger partial charge in [-0.2, -0.15) is 0 Å². The van der Waals surface area contributed by atoms with Crippen LogP contribution in [0.5, 0.6) is 0 Å². The summed E-state index contributed by atoms with van der Waals surface area (Å²) in [4.78, 5) is 5.88. The maximum atomic E-state index is 3.62. The van der Waals surface area contributed by atoms with Gasteiger partial charge in [-0.3, -0.25) is 4.90 Å². The first kappa shape index (κ1) is 9.43. The van der Waals surface area contributed by atoms with E-state index in [-0.39, 0.29) is 0 Å². The van der Waals surface area contributed by atoms with Crippen LogP contribution < -0.4 is 5.32 Å². The van der Waals surface area contributed by atoms with Crippen molar-refractivity contribution in [1.29, 1.82) is 0 Å². The molecule has 1 aliphatic heterocycles. The van der Waals surface area contributed by atoms with Crippen LogP contribution in [-0.2, 0) is 6.54 Å². The fraction of sp³-hybridized carbons (Fsp3) is 0.667. The summed E-state index contributed by atoms with van der Waals surface area (Å²) >= 11 is 0. The van der Waals surface area contributed by atoms with E-state index in [1.54, 1.807) is 0 Å². The van der Waals surface area contributed by atoms with Gasteiger partial charge in [-0.1, -0.05) is 0 Å². The summed E-state index contributed by atoms with van der Waals surface area (Å²) in [5.41, 5.74) is 1.29. The predicted molar refractivity (Wildman–Crippen MR) is 60.6 cm³/mol. The average molecular weight is 205 g/mol. The summed E-state index contributed by atoms with van der Waals surface area (Å²) in [6, 6.07) is 5.83. The molecule has 1 saturated carbocycles. The number of hydrogen-bond acceptors (Lipinski definition) is 2. The summed E-state index contributed by atoms with van der Waals surface area (Å²) in [5.74, 6) is 0. The van der Waals surface area contributed by atoms with Gasteiger partial charge in [0.1, 0.15) is 0 Å². The van der Waals surface area contributed by atoms with E-state index in [9.17, 15) is 0 Å². The molecule has 3 heteroatoms. The number of aromatic amines is 1. The lowest BCUT2D eigenvalue weighted by Crippen LogP contribution is -2.32. The van der Waals surface area contributed by atoms with Crippen molar-refractivity contribution in [1.82, 2.24) is 15.2 Å². The van der Waals surface area contributed by atoms with E-state index in [1.807, 2.05) is 6.20 Å². The topological polar surface area (TPSA) is 31.1 Å². The molecule has 2 heterocycles. The van der Waals surface area contributed by atoms with Gasteiger partial charge in [-0.15, -0.1) is 0 Å². The minimum absolute atomic E-state index is 0.703. The van der Waals surface area contributed by atoms with Crippen LogP contribution in [0.4, 0.5) is 0 Å². The van der Waals surface area contributed by atoms with Crippen molar-refractivity contribution < 1.29 is 0 Å². The Morgan fingerprint density at radius 2 is 2.33 bits per heavy atom. The standard InChI is InChI=1S/C12H19N3/c1-2-10(13-6-1)8-14-11-5-7-15(9-11)12-3-4-12/h1-2,6,11-14H,3-5,7-9H2. The SMILES string of the molecule is c1c[nH]c(CNC2CCN(C3CC3)C2)c1. The van der Waals surface area contributed by atoms with Crippen LogP contribution >= 0.6 is 0 Å². The van der Waals surface area contributed by atoms with Crippen molar-refractivity contribution in [3.63, 3.8) is 0 Å².